The number of carbonyl (C=O) groups is 3. The summed E-state index contributed by atoms with van der Waals surface area (Å²) < 4.78 is 10.4. The molecule has 2 aromatic heterocycles. The molecular weight excluding hydrogens is 406 g/mol. The van der Waals surface area contributed by atoms with Gasteiger partial charge >= 0.3 is 5.97 Å². The second kappa shape index (κ2) is 10.9. The minimum absolute atomic E-state index is 0.0929. The van der Waals surface area contributed by atoms with Crippen molar-refractivity contribution >= 4 is 34.3 Å². The lowest BCUT2D eigenvalue weighted by atomic mass is 9.94. The van der Waals surface area contributed by atoms with E-state index in [0.717, 1.165) is 25.7 Å². The Labute approximate surface area is 179 Å². The number of nitrogens with one attached hydrogen (secondary N) is 1. The number of furan rings is 1. The largest absolute Gasteiger partial charge is 0.459 e. The third kappa shape index (κ3) is 5.91. The van der Waals surface area contributed by atoms with Gasteiger partial charge in [-0.2, -0.15) is 0 Å². The van der Waals surface area contributed by atoms with E-state index < -0.39 is 12.1 Å². The van der Waals surface area contributed by atoms with E-state index in [-0.39, 0.29) is 30.0 Å². The zero-order chi connectivity index (χ0) is 21.3. The Bertz CT molecular complexity index is 816. The topological polar surface area (TPSA) is 102 Å². The van der Waals surface area contributed by atoms with Crippen LogP contribution in [0.25, 0.3) is 0 Å². The van der Waals surface area contributed by atoms with Crippen LogP contribution in [0.15, 0.2) is 34.4 Å². The predicted octanol–water partition coefficient (Wildman–Crippen LogP) is 3.54. The quantitative estimate of drug-likeness (QED) is 0.479. The average Bonchev–Trinajstić information content (AvgIpc) is 3.46. The number of nitrogens with zero attached hydrogens (tertiary/aromatic N) is 2. The number of amides is 2. The van der Waals surface area contributed by atoms with Crippen molar-refractivity contribution in [2.75, 3.05) is 11.4 Å². The van der Waals surface area contributed by atoms with E-state index in [2.05, 4.69) is 10.3 Å². The normalized spacial score (nSPS) is 15.4. The molecule has 3 rings (SSSR count). The molecular formula is C21H27N3O5S. The molecule has 0 bridgehead atoms. The molecule has 2 heterocycles. The molecule has 9 heteroatoms. The lowest BCUT2D eigenvalue weighted by Gasteiger charge is -2.33. The predicted molar refractivity (Wildman–Crippen MR) is 112 cm³/mol. The Kier molecular flexibility index (Phi) is 8.01. The first-order chi connectivity index (χ1) is 14.6. The Balaban J connectivity index is 1.47. The summed E-state index contributed by atoms with van der Waals surface area (Å²) in [7, 11) is 0. The number of carbonyl (C=O) groups excluding carboxylic acids is 3. The van der Waals surface area contributed by atoms with Gasteiger partial charge in [0.15, 0.2) is 17.0 Å². The lowest BCUT2D eigenvalue weighted by molar-refractivity contribution is -0.154. The molecule has 0 radical (unpaired) electrons. The van der Waals surface area contributed by atoms with Crippen LogP contribution in [-0.4, -0.2) is 41.5 Å². The van der Waals surface area contributed by atoms with Crippen LogP contribution in [0, 0.1) is 0 Å². The van der Waals surface area contributed by atoms with E-state index in [1.165, 1.54) is 24.0 Å². The standard InChI is InChI=1S/C21H27N3O5S/c1-15(29-18(25)10-5-11-22-19(26)17-9-6-13-28-17)20(27)24(21-23-12-14-30-21)16-7-3-2-4-8-16/h6,9,12-16H,2-5,7-8,10-11H2,1H3,(H,22,26). The van der Waals surface area contributed by atoms with Crippen LogP contribution in [0.5, 0.6) is 0 Å². The smallest absolute Gasteiger partial charge is 0.306 e. The Morgan fingerprint density at radius 2 is 2.13 bits per heavy atom. The highest BCUT2D eigenvalue weighted by atomic mass is 32.1. The van der Waals surface area contributed by atoms with Crippen molar-refractivity contribution in [2.45, 2.75) is 64.0 Å². The molecule has 0 aliphatic heterocycles. The highest BCUT2D eigenvalue weighted by Gasteiger charge is 2.33. The number of ether oxygens (including phenoxy) is 1. The van der Waals surface area contributed by atoms with Crippen LogP contribution < -0.4 is 10.2 Å². The van der Waals surface area contributed by atoms with Gasteiger partial charge in [-0.3, -0.25) is 19.3 Å². The highest BCUT2D eigenvalue weighted by molar-refractivity contribution is 7.13. The van der Waals surface area contributed by atoms with Gasteiger partial charge < -0.3 is 14.5 Å². The zero-order valence-electron chi connectivity index (χ0n) is 17.0. The number of hydrogen-bond donors (Lipinski definition) is 1. The SMILES string of the molecule is CC(OC(=O)CCCNC(=O)c1ccco1)C(=O)N(c1nccs1)C1CCCCC1. The zero-order valence-corrected chi connectivity index (χ0v) is 17.9. The van der Waals surface area contributed by atoms with Crippen LogP contribution in [0.3, 0.4) is 0 Å². The van der Waals surface area contributed by atoms with Crippen molar-refractivity contribution in [3.63, 3.8) is 0 Å². The van der Waals surface area contributed by atoms with Crippen molar-refractivity contribution in [1.29, 1.82) is 0 Å². The number of aromatic nitrogens is 1. The number of thiazole rings is 1. The first kappa shape index (κ1) is 22.0. The van der Waals surface area contributed by atoms with Crippen molar-refractivity contribution in [1.82, 2.24) is 10.3 Å². The van der Waals surface area contributed by atoms with E-state index >= 15 is 0 Å². The van der Waals surface area contributed by atoms with Gasteiger partial charge in [0, 0.05) is 30.6 Å². The summed E-state index contributed by atoms with van der Waals surface area (Å²) in [6.07, 6.45) is 7.93. The summed E-state index contributed by atoms with van der Waals surface area (Å²) in [6.45, 7) is 1.91. The third-order valence-corrected chi connectivity index (χ3v) is 5.82. The number of hydrogen-bond acceptors (Lipinski definition) is 7. The second-order valence-electron chi connectivity index (χ2n) is 7.28. The van der Waals surface area contributed by atoms with Crippen LogP contribution in [0.2, 0.25) is 0 Å². The van der Waals surface area contributed by atoms with Crippen LogP contribution in [-0.2, 0) is 14.3 Å². The third-order valence-electron chi connectivity index (χ3n) is 5.05. The molecule has 1 unspecified atom stereocenters. The molecule has 2 aromatic rings. The lowest BCUT2D eigenvalue weighted by Crippen LogP contribution is -2.47. The molecule has 2 amide bonds. The molecule has 162 valence electrons. The molecule has 1 atom stereocenters. The van der Waals surface area contributed by atoms with Crippen molar-refractivity contribution in [3.8, 4) is 0 Å². The maximum atomic E-state index is 13.1. The molecule has 0 spiro atoms. The van der Waals surface area contributed by atoms with Crippen molar-refractivity contribution < 1.29 is 23.5 Å². The van der Waals surface area contributed by atoms with Crippen LogP contribution >= 0.6 is 11.3 Å². The molecule has 1 aliphatic rings. The van der Waals surface area contributed by atoms with E-state index in [1.54, 1.807) is 30.2 Å². The Morgan fingerprint density at radius 1 is 1.33 bits per heavy atom. The minimum Gasteiger partial charge on any atom is -0.459 e. The Hall–Kier alpha value is -2.68. The van der Waals surface area contributed by atoms with Gasteiger partial charge in [0.1, 0.15) is 0 Å². The number of esters is 1. The maximum absolute atomic E-state index is 13.1. The average molecular weight is 434 g/mol. The van der Waals surface area contributed by atoms with E-state index in [4.69, 9.17) is 9.15 Å². The number of rotatable bonds is 9. The van der Waals surface area contributed by atoms with Gasteiger partial charge in [0.25, 0.3) is 11.8 Å². The van der Waals surface area contributed by atoms with E-state index in [9.17, 15) is 14.4 Å². The fourth-order valence-electron chi connectivity index (χ4n) is 3.54. The monoisotopic (exact) mass is 433 g/mol. The second-order valence-corrected chi connectivity index (χ2v) is 8.16. The van der Waals surface area contributed by atoms with Crippen LogP contribution in [0.1, 0.15) is 62.4 Å². The van der Waals surface area contributed by atoms with Gasteiger partial charge in [-0.1, -0.05) is 19.3 Å². The molecule has 0 saturated heterocycles. The first-order valence-electron chi connectivity index (χ1n) is 10.3. The van der Waals surface area contributed by atoms with Gasteiger partial charge in [-0.25, -0.2) is 4.98 Å². The first-order valence-corrected chi connectivity index (χ1v) is 11.2. The molecule has 30 heavy (non-hydrogen) atoms. The molecule has 1 N–H and O–H groups in total. The van der Waals surface area contributed by atoms with Gasteiger partial charge in [0.2, 0.25) is 0 Å². The fourth-order valence-corrected chi connectivity index (χ4v) is 4.25. The minimum atomic E-state index is -0.888. The summed E-state index contributed by atoms with van der Waals surface area (Å²) >= 11 is 1.41. The molecule has 1 saturated carbocycles. The molecule has 8 nitrogen and oxygen atoms in total. The van der Waals surface area contributed by atoms with Gasteiger partial charge in [0.05, 0.1) is 6.26 Å². The van der Waals surface area contributed by atoms with E-state index in [1.807, 2.05) is 5.38 Å². The molecule has 1 fully saturated rings. The van der Waals surface area contributed by atoms with Crippen molar-refractivity contribution in [3.05, 3.63) is 35.7 Å². The maximum Gasteiger partial charge on any atom is 0.306 e. The molecule has 0 aromatic carbocycles. The highest BCUT2D eigenvalue weighted by Crippen LogP contribution is 2.29. The summed E-state index contributed by atoms with van der Waals surface area (Å²) in [6, 6.07) is 3.29. The Morgan fingerprint density at radius 3 is 2.80 bits per heavy atom. The summed E-state index contributed by atoms with van der Waals surface area (Å²) in [5.41, 5.74) is 0. The summed E-state index contributed by atoms with van der Waals surface area (Å²) in [4.78, 5) is 43.1. The van der Waals surface area contributed by atoms with Crippen molar-refractivity contribution in [2.24, 2.45) is 0 Å². The fraction of sp³-hybridized carbons (Fsp3) is 0.524. The number of anilines is 1. The van der Waals surface area contributed by atoms with Gasteiger partial charge in [-0.05, 0) is 38.3 Å². The van der Waals surface area contributed by atoms with Gasteiger partial charge in [-0.15, -0.1) is 11.3 Å². The van der Waals surface area contributed by atoms with Crippen LogP contribution in [0.4, 0.5) is 5.13 Å². The summed E-state index contributed by atoms with van der Waals surface area (Å²) in [5, 5.41) is 5.16. The van der Waals surface area contributed by atoms with E-state index in [0.29, 0.717) is 18.1 Å². The molecule has 1 aliphatic carbocycles. The summed E-state index contributed by atoms with van der Waals surface area (Å²) in [5.74, 6) is -0.813.